The number of fused-ring (bicyclic) bond motifs is 1. The van der Waals surface area contributed by atoms with Crippen LogP contribution in [0.4, 0.5) is 28.4 Å². The third kappa shape index (κ3) is 5.59. The molecule has 0 fully saturated rings. The molecule has 3 N–H and O–H groups in total. The molecule has 0 atom stereocenters. The number of amides is 2. The molecule has 0 saturated heterocycles. The summed E-state index contributed by atoms with van der Waals surface area (Å²) in [6, 6.07) is 22.4. The van der Waals surface area contributed by atoms with Gasteiger partial charge in [-0.15, -0.1) is 0 Å². The Labute approximate surface area is 254 Å². The number of carbonyl (C=O) groups excluding carboxylic acids is 2. The van der Waals surface area contributed by atoms with Crippen LogP contribution >= 0.6 is 0 Å². The lowest BCUT2D eigenvalue weighted by molar-refractivity contribution is -0.385. The van der Waals surface area contributed by atoms with Gasteiger partial charge in [0, 0.05) is 42.5 Å². The number of para-hydroxylation sites is 3. The number of hydrogen-bond donors (Lipinski definition) is 3. The van der Waals surface area contributed by atoms with E-state index in [-0.39, 0.29) is 17.2 Å². The molecule has 1 aliphatic rings. The quantitative estimate of drug-likeness (QED) is 0.151. The molecule has 1 heterocycles. The molecule has 0 unspecified atom stereocenters. The Bertz CT molecular complexity index is 1770. The summed E-state index contributed by atoms with van der Waals surface area (Å²) in [6.07, 6.45) is 0. The molecular weight excluding hydrogens is 562 g/mol. The van der Waals surface area contributed by atoms with Gasteiger partial charge in [0.15, 0.2) is 0 Å². The third-order valence-electron chi connectivity index (χ3n) is 7.56. The highest BCUT2D eigenvalue weighted by Crippen LogP contribution is 2.45. The molecule has 1 aliphatic heterocycles. The van der Waals surface area contributed by atoms with Crippen molar-refractivity contribution in [2.45, 2.75) is 25.9 Å². The molecular formula is C33H33N5O6. The van der Waals surface area contributed by atoms with Gasteiger partial charge >= 0.3 is 0 Å². The van der Waals surface area contributed by atoms with Crippen LogP contribution in [-0.2, 0) is 11.3 Å². The van der Waals surface area contributed by atoms with Gasteiger partial charge in [0.2, 0.25) is 0 Å². The lowest BCUT2D eigenvalue weighted by Crippen LogP contribution is -2.52. The smallest absolute Gasteiger partial charge is 0.282 e. The zero-order chi connectivity index (χ0) is 31.6. The molecule has 0 saturated carbocycles. The Kier molecular flexibility index (Phi) is 8.13. The first-order chi connectivity index (χ1) is 21.1. The summed E-state index contributed by atoms with van der Waals surface area (Å²) < 4.78 is 11.3. The van der Waals surface area contributed by atoms with Crippen LogP contribution in [0.3, 0.4) is 0 Å². The van der Waals surface area contributed by atoms with Crippen molar-refractivity contribution in [2.24, 2.45) is 0 Å². The molecule has 0 spiro atoms. The highest BCUT2D eigenvalue weighted by atomic mass is 16.6. The van der Waals surface area contributed by atoms with Gasteiger partial charge in [0.25, 0.3) is 17.5 Å². The highest BCUT2D eigenvalue weighted by molar-refractivity contribution is 6.09. The number of carbonyl (C=O) groups is 2. The summed E-state index contributed by atoms with van der Waals surface area (Å²) in [7, 11) is 4.89. The number of nitrogens with zero attached hydrogens (tertiary/aromatic N) is 2. The Morgan fingerprint density at radius 1 is 0.955 bits per heavy atom. The Balaban J connectivity index is 1.57. The number of nitro groups is 1. The first-order valence-electron chi connectivity index (χ1n) is 13.9. The van der Waals surface area contributed by atoms with E-state index in [2.05, 4.69) is 16.0 Å². The standard InChI is InChI=1S/C33H33N5O6/c1-33(2)32(40)37(3)30-24(19-34-25-11-7-9-13-28(25)43-4)21(16-17-26(30)36-33)22-15-14-20(18-29(22)44-5)35-31(39)23-10-6-8-12-27(23)38(41)42/h6-18,34,36H,19H2,1-5H3,(H,35,39). The van der Waals surface area contributed by atoms with Crippen LogP contribution in [0.1, 0.15) is 29.8 Å². The summed E-state index contributed by atoms with van der Waals surface area (Å²) in [5, 5.41) is 21.0. The first kappa shape index (κ1) is 29.9. The number of nitrogens with one attached hydrogen (secondary N) is 3. The van der Waals surface area contributed by atoms with Gasteiger partial charge in [-0.25, -0.2) is 0 Å². The van der Waals surface area contributed by atoms with Gasteiger partial charge in [0.05, 0.1) is 36.2 Å². The molecule has 2 amide bonds. The lowest BCUT2D eigenvalue weighted by Gasteiger charge is -2.40. The van der Waals surface area contributed by atoms with E-state index in [9.17, 15) is 19.7 Å². The van der Waals surface area contributed by atoms with E-state index < -0.39 is 16.4 Å². The van der Waals surface area contributed by atoms with Gasteiger partial charge in [-0.2, -0.15) is 0 Å². The maximum absolute atomic E-state index is 13.4. The molecule has 44 heavy (non-hydrogen) atoms. The van der Waals surface area contributed by atoms with Crippen LogP contribution in [-0.4, -0.2) is 43.5 Å². The number of anilines is 4. The lowest BCUT2D eigenvalue weighted by atomic mass is 9.91. The van der Waals surface area contributed by atoms with E-state index in [1.807, 2.05) is 56.3 Å². The predicted octanol–water partition coefficient (Wildman–Crippen LogP) is 6.31. The minimum atomic E-state index is -0.790. The second-order valence-corrected chi connectivity index (χ2v) is 10.8. The largest absolute Gasteiger partial charge is 0.496 e. The molecule has 0 bridgehead atoms. The maximum Gasteiger partial charge on any atom is 0.282 e. The number of methoxy groups -OCH3 is 2. The zero-order valence-electron chi connectivity index (χ0n) is 25.1. The van der Waals surface area contributed by atoms with Crippen molar-refractivity contribution in [3.8, 4) is 22.6 Å². The molecule has 11 heteroatoms. The summed E-state index contributed by atoms with van der Waals surface area (Å²) in [4.78, 5) is 38.9. The van der Waals surface area contributed by atoms with Crippen LogP contribution in [0, 0.1) is 10.1 Å². The number of nitro benzene ring substituents is 1. The Morgan fingerprint density at radius 2 is 1.64 bits per heavy atom. The fourth-order valence-corrected chi connectivity index (χ4v) is 5.45. The van der Waals surface area contributed by atoms with Crippen LogP contribution in [0.25, 0.3) is 11.1 Å². The van der Waals surface area contributed by atoms with E-state index in [4.69, 9.17) is 9.47 Å². The third-order valence-corrected chi connectivity index (χ3v) is 7.56. The van der Waals surface area contributed by atoms with Crippen molar-refractivity contribution >= 4 is 40.3 Å². The monoisotopic (exact) mass is 595 g/mol. The molecule has 11 nitrogen and oxygen atoms in total. The molecule has 0 radical (unpaired) electrons. The van der Waals surface area contributed by atoms with Crippen molar-refractivity contribution in [3.05, 3.63) is 100 Å². The number of rotatable bonds is 9. The average Bonchev–Trinajstić information content (AvgIpc) is 3.02. The van der Waals surface area contributed by atoms with Crippen LogP contribution in [0.15, 0.2) is 78.9 Å². The predicted molar refractivity (Wildman–Crippen MR) is 171 cm³/mol. The highest BCUT2D eigenvalue weighted by Gasteiger charge is 2.38. The second-order valence-electron chi connectivity index (χ2n) is 10.8. The van der Waals surface area contributed by atoms with E-state index in [1.54, 1.807) is 37.3 Å². The van der Waals surface area contributed by atoms with E-state index in [0.717, 1.165) is 33.8 Å². The summed E-state index contributed by atoms with van der Waals surface area (Å²) in [5.74, 6) is 0.443. The molecule has 5 rings (SSSR count). The maximum atomic E-state index is 13.4. The van der Waals surface area contributed by atoms with Crippen molar-refractivity contribution in [3.63, 3.8) is 0 Å². The minimum Gasteiger partial charge on any atom is -0.496 e. The topological polar surface area (TPSA) is 135 Å². The number of hydrogen-bond acceptors (Lipinski definition) is 8. The normalized spacial score (nSPS) is 13.4. The van der Waals surface area contributed by atoms with Gasteiger partial charge in [0.1, 0.15) is 22.6 Å². The minimum absolute atomic E-state index is 0.0527. The average molecular weight is 596 g/mol. The molecule has 0 aliphatic carbocycles. The van der Waals surface area contributed by atoms with Crippen LogP contribution in [0.2, 0.25) is 0 Å². The number of likely N-dealkylation sites (N-methyl/N-ethyl adjacent to an activating group) is 1. The zero-order valence-corrected chi connectivity index (χ0v) is 25.1. The van der Waals surface area contributed by atoms with Crippen LogP contribution < -0.4 is 30.3 Å². The molecule has 226 valence electrons. The van der Waals surface area contributed by atoms with Gasteiger partial charge in [-0.3, -0.25) is 19.7 Å². The molecule has 4 aromatic carbocycles. The van der Waals surface area contributed by atoms with Crippen molar-refractivity contribution in [1.29, 1.82) is 0 Å². The second kappa shape index (κ2) is 12.0. The summed E-state index contributed by atoms with van der Waals surface area (Å²) >= 11 is 0. The van der Waals surface area contributed by atoms with Crippen molar-refractivity contribution in [2.75, 3.05) is 42.1 Å². The summed E-state index contributed by atoms with van der Waals surface area (Å²) in [5.41, 5.74) is 3.96. The number of benzene rings is 4. The summed E-state index contributed by atoms with van der Waals surface area (Å²) in [6.45, 7) is 4.03. The fraction of sp³-hybridized carbons (Fsp3) is 0.212. The fourth-order valence-electron chi connectivity index (χ4n) is 5.45. The Morgan fingerprint density at radius 3 is 2.36 bits per heavy atom. The first-order valence-corrected chi connectivity index (χ1v) is 13.9. The van der Waals surface area contributed by atoms with Crippen molar-refractivity contribution < 1.29 is 24.0 Å². The SMILES string of the molecule is COc1ccccc1NCc1c(-c2ccc(NC(=O)c3ccccc3[N+](=O)[O-])cc2OC)ccc2c1N(C)C(=O)C(C)(C)N2. The Hall–Kier alpha value is -5.58. The molecule has 0 aromatic heterocycles. The van der Waals surface area contributed by atoms with Gasteiger partial charge < -0.3 is 30.3 Å². The van der Waals surface area contributed by atoms with E-state index in [0.29, 0.717) is 23.7 Å². The van der Waals surface area contributed by atoms with E-state index >= 15 is 0 Å². The molecule has 4 aromatic rings. The van der Waals surface area contributed by atoms with E-state index in [1.165, 1.54) is 25.3 Å². The number of ether oxygens (including phenoxy) is 2. The van der Waals surface area contributed by atoms with Crippen LogP contribution in [0.5, 0.6) is 11.5 Å². The van der Waals surface area contributed by atoms with Crippen molar-refractivity contribution in [1.82, 2.24) is 0 Å². The van der Waals surface area contributed by atoms with Gasteiger partial charge in [-0.1, -0.05) is 30.3 Å². The van der Waals surface area contributed by atoms with Gasteiger partial charge in [-0.05, 0) is 55.8 Å².